The number of carbonyl (C=O) groups is 1. The third-order valence-corrected chi connectivity index (χ3v) is 7.76. The number of anilines is 1. The van der Waals surface area contributed by atoms with E-state index in [0.717, 1.165) is 6.07 Å². The van der Waals surface area contributed by atoms with Gasteiger partial charge in [0, 0.05) is 62.4 Å². The van der Waals surface area contributed by atoms with Crippen molar-refractivity contribution in [2.75, 3.05) is 31.1 Å². The minimum absolute atomic E-state index is 0. The average molecular weight is 530 g/mol. The topological polar surface area (TPSA) is 82.5 Å². The third-order valence-electron chi connectivity index (χ3n) is 7.76. The van der Waals surface area contributed by atoms with Crippen LogP contribution < -0.4 is 4.90 Å². The van der Waals surface area contributed by atoms with Gasteiger partial charge in [-0.2, -0.15) is 5.10 Å². The van der Waals surface area contributed by atoms with Crippen LogP contribution in [0.15, 0.2) is 60.9 Å². The van der Waals surface area contributed by atoms with Crippen molar-refractivity contribution in [3.8, 4) is 0 Å². The fourth-order valence-electron chi connectivity index (χ4n) is 5.84. The number of halogens is 3. The number of carbonyl (C=O) groups excluding carboxylic acids is 1. The second-order valence-electron chi connectivity index (χ2n) is 9.95. The van der Waals surface area contributed by atoms with Crippen LogP contribution in [0.3, 0.4) is 0 Å². The van der Waals surface area contributed by atoms with E-state index >= 15 is 0 Å². The van der Waals surface area contributed by atoms with Gasteiger partial charge in [-0.3, -0.25) is 9.78 Å². The Morgan fingerprint density at radius 2 is 1.76 bits per heavy atom. The van der Waals surface area contributed by atoms with Gasteiger partial charge in [0.2, 0.25) is 5.91 Å². The van der Waals surface area contributed by atoms with Crippen molar-refractivity contribution in [3.05, 3.63) is 83.8 Å². The van der Waals surface area contributed by atoms with Crippen LogP contribution in [0.4, 0.5) is 14.6 Å². The van der Waals surface area contributed by atoms with Crippen molar-refractivity contribution < 1.29 is 18.7 Å². The molecule has 2 fully saturated rings. The lowest BCUT2D eigenvalue weighted by Crippen LogP contribution is -2.57. The Kier molecular flexibility index (Phi) is 7.75. The quantitative estimate of drug-likeness (QED) is 0.554. The summed E-state index contributed by atoms with van der Waals surface area (Å²) < 4.78 is 28.5. The molecule has 1 amide bonds. The second kappa shape index (κ2) is 10.7. The highest BCUT2D eigenvalue weighted by Crippen LogP contribution is 2.42. The van der Waals surface area contributed by atoms with Gasteiger partial charge in [-0.15, -0.1) is 17.5 Å². The zero-order chi connectivity index (χ0) is 25.4. The predicted molar refractivity (Wildman–Crippen MR) is 137 cm³/mol. The van der Waals surface area contributed by atoms with E-state index in [1.807, 2.05) is 30.9 Å². The van der Waals surface area contributed by atoms with Crippen LogP contribution >= 0.6 is 12.4 Å². The first kappa shape index (κ1) is 26.9. The number of likely N-dealkylation sites (tertiary alicyclic amines) is 1. The van der Waals surface area contributed by atoms with Crippen molar-refractivity contribution in [3.63, 3.8) is 0 Å². The number of piperidine rings is 1. The number of hydrogen-bond donors (Lipinski definition) is 1. The molecule has 2 unspecified atom stereocenters. The van der Waals surface area contributed by atoms with Crippen LogP contribution in [-0.4, -0.2) is 57.3 Å². The number of rotatable bonds is 4. The van der Waals surface area contributed by atoms with Crippen molar-refractivity contribution in [2.24, 2.45) is 17.8 Å². The second-order valence-corrected chi connectivity index (χ2v) is 9.95. The monoisotopic (exact) mass is 529 g/mol. The summed E-state index contributed by atoms with van der Waals surface area (Å²) in [6, 6.07) is 12.5. The normalized spacial score (nSPS) is 27.6. The SMILES string of the molecule is CC1CN(C(=O)[C@@H]2CN(c3cccnn3)C[C@H]2c2ccc(F)cc2F)CC(C)C1(O)c1ccccn1.Cl. The number of pyridine rings is 1. The van der Waals surface area contributed by atoms with Crippen LogP contribution in [0.1, 0.15) is 31.0 Å². The standard InChI is InChI=1S/C27H29F2N5O2.ClH/c1-17-13-34(14-18(2)27(17,36)24-6-3-4-10-30-24)26(35)22-16-33(25-7-5-11-31-32-25)15-21(22)20-9-8-19(28)12-23(20)29;/h3-12,17-18,21-22,36H,13-16H2,1-2H3;1H/t17?,18?,21-,22+,27?;/m0./s1. The summed E-state index contributed by atoms with van der Waals surface area (Å²) in [6.07, 6.45) is 3.23. The van der Waals surface area contributed by atoms with Gasteiger partial charge in [0.1, 0.15) is 17.2 Å². The van der Waals surface area contributed by atoms with E-state index in [-0.39, 0.29) is 30.2 Å². The van der Waals surface area contributed by atoms with Gasteiger partial charge in [0.25, 0.3) is 0 Å². The summed E-state index contributed by atoms with van der Waals surface area (Å²) in [6.45, 7) is 5.22. The van der Waals surface area contributed by atoms with Crippen LogP contribution in [0.2, 0.25) is 0 Å². The molecule has 2 aliphatic rings. The Morgan fingerprint density at radius 3 is 2.38 bits per heavy atom. The first-order valence-corrected chi connectivity index (χ1v) is 12.2. The minimum Gasteiger partial charge on any atom is -0.383 e. The van der Waals surface area contributed by atoms with Gasteiger partial charge < -0.3 is 14.9 Å². The van der Waals surface area contributed by atoms with E-state index in [2.05, 4.69) is 15.2 Å². The van der Waals surface area contributed by atoms with Crippen LogP contribution in [-0.2, 0) is 10.4 Å². The maximum atomic E-state index is 14.9. The highest BCUT2D eigenvalue weighted by atomic mass is 35.5. The summed E-state index contributed by atoms with van der Waals surface area (Å²) in [4.78, 5) is 22.0. The van der Waals surface area contributed by atoms with E-state index in [4.69, 9.17) is 0 Å². The number of benzene rings is 1. The molecule has 0 spiro atoms. The lowest BCUT2D eigenvalue weighted by Gasteiger charge is -2.48. The molecule has 2 aliphatic heterocycles. The number of hydrogen-bond acceptors (Lipinski definition) is 6. The average Bonchev–Trinajstić information content (AvgIpc) is 3.32. The highest BCUT2D eigenvalue weighted by molar-refractivity contribution is 5.85. The maximum Gasteiger partial charge on any atom is 0.228 e. The van der Waals surface area contributed by atoms with E-state index in [9.17, 15) is 18.7 Å². The lowest BCUT2D eigenvalue weighted by molar-refractivity contribution is -0.153. The molecule has 3 aromatic rings. The molecule has 4 atom stereocenters. The molecule has 4 heterocycles. The predicted octanol–water partition coefficient (Wildman–Crippen LogP) is 3.79. The van der Waals surface area contributed by atoms with Gasteiger partial charge in [0.15, 0.2) is 5.82 Å². The Labute approximate surface area is 221 Å². The summed E-state index contributed by atoms with van der Waals surface area (Å²) in [5, 5.41) is 19.7. The van der Waals surface area contributed by atoms with E-state index in [1.54, 1.807) is 35.5 Å². The van der Waals surface area contributed by atoms with Crippen molar-refractivity contribution in [2.45, 2.75) is 25.4 Å². The molecule has 2 aromatic heterocycles. The molecule has 0 bridgehead atoms. The molecule has 2 saturated heterocycles. The summed E-state index contributed by atoms with van der Waals surface area (Å²) in [5.74, 6) is -2.41. The Hall–Kier alpha value is -3.17. The van der Waals surface area contributed by atoms with E-state index in [0.29, 0.717) is 43.3 Å². The molecule has 37 heavy (non-hydrogen) atoms. The molecular formula is C27H30ClF2N5O2. The largest absolute Gasteiger partial charge is 0.383 e. The lowest BCUT2D eigenvalue weighted by atomic mass is 9.72. The molecule has 5 rings (SSSR count). The van der Waals surface area contributed by atoms with Crippen LogP contribution in [0.25, 0.3) is 0 Å². The first-order chi connectivity index (χ1) is 17.3. The Bertz CT molecular complexity index is 1220. The molecule has 0 saturated carbocycles. The van der Waals surface area contributed by atoms with Gasteiger partial charge in [-0.05, 0) is 35.9 Å². The molecular weight excluding hydrogens is 500 g/mol. The number of amides is 1. The molecule has 0 radical (unpaired) electrons. The molecule has 10 heteroatoms. The molecule has 1 aromatic carbocycles. The first-order valence-electron chi connectivity index (χ1n) is 12.2. The smallest absolute Gasteiger partial charge is 0.228 e. The van der Waals surface area contributed by atoms with Crippen molar-refractivity contribution in [1.82, 2.24) is 20.1 Å². The van der Waals surface area contributed by atoms with Crippen LogP contribution in [0, 0.1) is 29.4 Å². The van der Waals surface area contributed by atoms with Crippen molar-refractivity contribution in [1.29, 1.82) is 0 Å². The highest BCUT2D eigenvalue weighted by Gasteiger charge is 2.50. The number of nitrogens with zero attached hydrogens (tertiary/aromatic N) is 5. The van der Waals surface area contributed by atoms with Gasteiger partial charge >= 0.3 is 0 Å². The third kappa shape index (κ3) is 4.90. The van der Waals surface area contributed by atoms with Gasteiger partial charge in [-0.1, -0.05) is 26.0 Å². The maximum absolute atomic E-state index is 14.9. The number of aromatic nitrogens is 3. The minimum atomic E-state index is -1.16. The fraction of sp³-hybridized carbons (Fsp3) is 0.407. The zero-order valence-electron chi connectivity index (χ0n) is 20.7. The van der Waals surface area contributed by atoms with E-state index in [1.165, 1.54) is 12.1 Å². The molecule has 1 N–H and O–H groups in total. The van der Waals surface area contributed by atoms with E-state index < -0.39 is 29.1 Å². The van der Waals surface area contributed by atoms with Gasteiger partial charge in [0.05, 0.1) is 11.6 Å². The van der Waals surface area contributed by atoms with Crippen LogP contribution in [0.5, 0.6) is 0 Å². The molecule has 196 valence electrons. The van der Waals surface area contributed by atoms with Gasteiger partial charge in [-0.25, -0.2) is 8.78 Å². The molecule has 7 nitrogen and oxygen atoms in total. The Morgan fingerprint density at radius 1 is 1.00 bits per heavy atom. The number of aliphatic hydroxyl groups is 1. The summed E-state index contributed by atoms with van der Waals surface area (Å²) >= 11 is 0. The summed E-state index contributed by atoms with van der Waals surface area (Å²) in [5.41, 5.74) is -0.260. The zero-order valence-corrected chi connectivity index (χ0v) is 21.5. The molecule has 0 aliphatic carbocycles. The summed E-state index contributed by atoms with van der Waals surface area (Å²) in [7, 11) is 0. The Balaban J connectivity index is 0.00000320. The van der Waals surface area contributed by atoms with Crippen molar-refractivity contribution >= 4 is 24.1 Å². The fourth-order valence-corrected chi connectivity index (χ4v) is 5.84.